The largest absolute Gasteiger partial charge is 0.309 e. The molecule has 0 atom stereocenters. The quantitative estimate of drug-likeness (QED) is 0.290. The van der Waals surface area contributed by atoms with E-state index in [-0.39, 0.29) is 0 Å². The van der Waals surface area contributed by atoms with Crippen molar-refractivity contribution in [3.63, 3.8) is 0 Å². The summed E-state index contributed by atoms with van der Waals surface area (Å²) in [5.41, 5.74) is 5.17. The molecule has 0 aliphatic carbocycles. The molecule has 26 heavy (non-hydrogen) atoms. The van der Waals surface area contributed by atoms with Gasteiger partial charge in [-0.25, -0.2) is 0 Å². The van der Waals surface area contributed by atoms with Gasteiger partial charge in [-0.15, -0.1) is 0 Å². The second kappa shape index (κ2) is 7.67. The van der Waals surface area contributed by atoms with E-state index in [9.17, 15) is 0 Å². The third kappa shape index (κ3) is 3.31. The zero-order chi connectivity index (χ0) is 17.9. The van der Waals surface area contributed by atoms with Crippen molar-refractivity contribution in [1.82, 2.24) is 4.57 Å². The zero-order valence-corrected chi connectivity index (χ0v) is 16.8. The highest BCUT2D eigenvalue weighted by atomic mass is 79.9. The van der Waals surface area contributed by atoms with E-state index >= 15 is 0 Å². The van der Waals surface area contributed by atoms with Crippen LogP contribution in [0.4, 0.5) is 0 Å². The highest BCUT2D eigenvalue weighted by Gasteiger charge is 2.12. The Balaban J connectivity index is 1.74. The Morgan fingerprint density at radius 1 is 0.769 bits per heavy atom. The molecule has 0 unspecified atom stereocenters. The van der Waals surface area contributed by atoms with Crippen molar-refractivity contribution in [3.8, 4) is 5.69 Å². The van der Waals surface area contributed by atoms with Crippen LogP contribution in [0.3, 0.4) is 0 Å². The van der Waals surface area contributed by atoms with Crippen LogP contribution in [0.5, 0.6) is 0 Å². The number of hydrogen-bond donors (Lipinski definition) is 0. The van der Waals surface area contributed by atoms with Crippen LogP contribution in [0.1, 0.15) is 38.2 Å². The van der Waals surface area contributed by atoms with E-state index < -0.39 is 0 Å². The van der Waals surface area contributed by atoms with E-state index in [0.717, 1.165) is 4.47 Å². The van der Waals surface area contributed by atoms with Gasteiger partial charge in [0.1, 0.15) is 0 Å². The predicted molar refractivity (Wildman–Crippen MR) is 116 cm³/mol. The number of unbranched alkanes of at least 4 members (excludes halogenated alkanes) is 3. The Morgan fingerprint density at radius 3 is 2.35 bits per heavy atom. The van der Waals surface area contributed by atoms with Gasteiger partial charge in [-0.2, -0.15) is 0 Å². The number of aryl methyl sites for hydroxylation is 1. The molecule has 4 rings (SSSR count). The number of aromatic nitrogens is 1. The van der Waals surface area contributed by atoms with E-state index in [1.807, 2.05) is 0 Å². The molecule has 0 saturated carbocycles. The lowest BCUT2D eigenvalue weighted by Crippen LogP contribution is -1.94. The van der Waals surface area contributed by atoms with Crippen LogP contribution in [-0.4, -0.2) is 4.57 Å². The first kappa shape index (κ1) is 17.4. The molecule has 2 heteroatoms. The second-order valence-electron chi connectivity index (χ2n) is 6.99. The first-order valence-corrected chi connectivity index (χ1v) is 10.4. The van der Waals surface area contributed by atoms with Gasteiger partial charge in [0, 0.05) is 20.9 Å². The molecule has 4 aromatic rings. The zero-order valence-electron chi connectivity index (χ0n) is 15.2. The number of fused-ring (bicyclic) bond motifs is 3. The molecule has 0 amide bonds. The normalized spacial score (nSPS) is 11.5. The molecule has 1 nitrogen and oxygen atoms in total. The van der Waals surface area contributed by atoms with Gasteiger partial charge in [0.05, 0.1) is 11.0 Å². The van der Waals surface area contributed by atoms with Gasteiger partial charge >= 0.3 is 0 Å². The van der Waals surface area contributed by atoms with Gasteiger partial charge in [-0.3, -0.25) is 0 Å². The SMILES string of the molecule is CCCCCCc1ccc(-n2c3ccccc3c3ccc(Br)cc32)cc1. The summed E-state index contributed by atoms with van der Waals surface area (Å²) in [6, 6.07) is 24.3. The van der Waals surface area contributed by atoms with E-state index in [1.54, 1.807) is 0 Å². The number of hydrogen-bond acceptors (Lipinski definition) is 0. The minimum absolute atomic E-state index is 1.11. The first-order valence-electron chi connectivity index (χ1n) is 9.56. The maximum absolute atomic E-state index is 3.64. The Labute approximate surface area is 163 Å². The highest BCUT2D eigenvalue weighted by Crippen LogP contribution is 2.33. The number of rotatable bonds is 6. The van der Waals surface area contributed by atoms with Gasteiger partial charge < -0.3 is 4.57 Å². The van der Waals surface area contributed by atoms with Gasteiger partial charge in [0.2, 0.25) is 0 Å². The molecule has 0 N–H and O–H groups in total. The lowest BCUT2D eigenvalue weighted by Gasteiger charge is -2.09. The van der Waals surface area contributed by atoms with Crippen LogP contribution in [0.2, 0.25) is 0 Å². The fourth-order valence-electron chi connectivity index (χ4n) is 3.79. The van der Waals surface area contributed by atoms with Crippen molar-refractivity contribution in [1.29, 1.82) is 0 Å². The summed E-state index contributed by atoms with van der Waals surface area (Å²) in [5, 5.41) is 2.60. The van der Waals surface area contributed by atoms with Crippen LogP contribution < -0.4 is 0 Å². The van der Waals surface area contributed by atoms with E-state index in [2.05, 4.69) is 94.2 Å². The van der Waals surface area contributed by atoms with Crippen LogP contribution in [0.25, 0.3) is 27.5 Å². The average molecular weight is 406 g/mol. The lowest BCUT2D eigenvalue weighted by atomic mass is 10.1. The monoisotopic (exact) mass is 405 g/mol. The summed E-state index contributed by atoms with van der Waals surface area (Å²) in [5.74, 6) is 0. The van der Waals surface area contributed by atoms with Crippen LogP contribution in [0.15, 0.2) is 71.2 Å². The molecule has 0 fully saturated rings. The Morgan fingerprint density at radius 2 is 1.54 bits per heavy atom. The summed E-state index contributed by atoms with van der Waals surface area (Å²) in [6.45, 7) is 2.26. The summed E-state index contributed by atoms with van der Waals surface area (Å²) in [4.78, 5) is 0. The molecule has 1 aromatic heterocycles. The third-order valence-electron chi connectivity index (χ3n) is 5.15. The molecule has 0 radical (unpaired) electrons. The smallest absolute Gasteiger partial charge is 0.0552 e. The maximum atomic E-state index is 3.64. The maximum Gasteiger partial charge on any atom is 0.0552 e. The second-order valence-corrected chi connectivity index (χ2v) is 7.91. The van der Waals surface area contributed by atoms with Gasteiger partial charge in [-0.05, 0) is 48.7 Å². The average Bonchev–Trinajstić information content (AvgIpc) is 2.99. The summed E-state index contributed by atoms with van der Waals surface area (Å²) in [7, 11) is 0. The molecule has 0 aliphatic rings. The van der Waals surface area contributed by atoms with Crippen molar-refractivity contribution in [2.24, 2.45) is 0 Å². The van der Waals surface area contributed by atoms with E-state index in [0.29, 0.717) is 0 Å². The van der Waals surface area contributed by atoms with Crippen molar-refractivity contribution in [2.75, 3.05) is 0 Å². The summed E-state index contributed by atoms with van der Waals surface area (Å²) >= 11 is 3.64. The topological polar surface area (TPSA) is 4.93 Å². The lowest BCUT2D eigenvalue weighted by molar-refractivity contribution is 0.667. The Hall–Kier alpha value is -2.06. The van der Waals surface area contributed by atoms with Crippen LogP contribution >= 0.6 is 15.9 Å². The molecule has 132 valence electrons. The number of para-hydroxylation sites is 1. The third-order valence-corrected chi connectivity index (χ3v) is 5.64. The Bertz CT molecular complexity index is 1030. The molecule has 3 aromatic carbocycles. The molecule has 0 aliphatic heterocycles. The van der Waals surface area contributed by atoms with Crippen molar-refractivity contribution < 1.29 is 0 Å². The number of benzene rings is 3. The van der Waals surface area contributed by atoms with Gasteiger partial charge in [0.25, 0.3) is 0 Å². The van der Waals surface area contributed by atoms with Crippen LogP contribution in [0, 0.1) is 0 Å². The van der Waals surface area contributed by atoms with Gasteiger partial charge in [0.15, 0.2) is 0 Å². The minimum Gasteiger partial charge on any atom is -0.309 e. The van der Waals surface area contributed by atoms with E-state index in [4.69, 9.17) is 0 Å². The molecular formula is C24H24BrN. The summed E-state index contributed by atoms with van der Waals surface area (Å²) in [6.07, 6.45) is 6.43. The molecular weight excluding hydrogens is 382 g/mol. The number of halogens is 1. The molecule has 0 bridgehead atoms. The van der Waals surface area contributed by atoms with Crippen molar-refractivity contribution >= 4 is 37.7 Å². The standard InChI is InChI=1S/C24H24BrN/c1-2-3-4-5-8-18-11-14-20(15-12-18)26-23-10-7-6-9-21(23)22-16-13-19(25)17-24(22)26/h6-7,9-17H,2-5,8H2,1H3. The highest BCUT2D eigenvalue weighted by molar-refractivity contribution is 9.10. The molecule has 0 spiro atoms. The first-order chi connectivity index (χ1) is 12.8. The minimum atomic E-state index is 1.11. The van der Waals surface area contributed by atoms with Crippen LogP contribution in [-0.2, 0) is 6.42 Å². The number of nitrogens with zero attached hydrogens (tertiary/aromatic N) is 1. The predicted octanol–water partition coefficient (Wildman–Crippen LogP) is 7.67. The van der Waals surface area contributed by atoms with Crippen molar-refractivity contribution in [3.05, 3.63) is 76.8 Å². The Kier molecular flexibility index (Phi) is 5.12. The fourth-order valence-corrected chi connectivity index (χ4v) is 4.14. The molecule has 1 heterocycles. The molecule has 0 saturated heterocycles. The summed E-state index contributed by atoms with van der Waals surface area (Å²) < 4.78 is 3.48. The van der Waals surface area contributed by atoms with Crippen molar-refractivity contribution in [2.45, 2.75) is 39.0 Å². The van der Waals surface area contributed by atoms with E-state index in [1.165, 1.54) is 65.2 Å². The van der Waals surface area contributed by atoms with Gasteiger partial charge in [-0.1, -0.05) is 78.5 Å². The fraction of sp³-hybridized carbons (Fsp3) is 0.250.